The van der Waals surface area contributed by atoms with Gasteiger partial charge in [-0.25, -0.2) is 0 Å². The Labute approximate surface area is 700 Å². The Morgan fingerprint density at radius 3 is 1.87 bits per heavy atom. The Hall–Kier alpha value is -9.61. The molecule has 17 rings (SSSR count). The fourth-order valence-electron chi connectivity index (χ4n) is 18.9. The highest BCUT2D eigenvalue weighted by atomic mass is 35.5. The number of hydrogen-bond donors (Lipinski definition) is 20. The van der Waals surface area contributed by atoms with Gasteiger partial charge in [-0.3, -0.25) is 38.4 Å². The van der Waals surface area contributed by atoms with Crippen LogP contribution in [-0.4, -0.2) is 216 Å². The molecule has 654 valence electrons. The highest BCUT2D eigenvalue weighted by Gasteiger charge is 2.54. The third kappa shape index (κ3) is 18.4. The summed E-state index contributed by atoms with van der Waals surface area (Å²) in [6.07, 6.45) is -17.0. The van der Waals surface area contributed by atoms with E-state index in [4.69, 9.17) is 66.7 Å². The number of rotatable bonds is 17. The number of phenols is 3. The van der Waals surface area contributed by atoms with E-state index in [-0.39, 0.29) is 87.5 Å². The van der Waals surface area contributed by atoms with Crippen molar-refractivity contribution in [1.82, 2.24) is 42.5 Å². The van der Waals surface area contributed by atoms with Crippen LogP contribution in [0.3, 0.4) is 0 Å². The highest BCUT2D eigenvalue weighted by Crippen LogP contribution is 2.57. The number of carbonyl (C=O) groups is 8. The molecule has 0 radical (unpaired) electrons. The molecular formula is C84H106ClN11O25. The van der Waals surface area contributed by atoms with Gasteiger partial charge in [-0.1, -0.05) is 49.7 Å². The van der Waals surface area contributed by atoms with Crippen LogP contribution in [0, 0.1) is 35.5 Å². The maximum Gasteiger partial charge on any atom is 0.248 e. The van der Waals surface area contributed by atoms with Gasteiger partial charge in [0.25, 0.3) is 0 Å². The minimum Gasteiger partial charge on any atom is -0.508 e. The molecule has 121 heavy (non-hydrogen) atoms. The van der Waals surface area contributed by atoms with Gasteiger partial charge in [-0.15, -0.1) is 0 Å². The monoisotopic (exact) mass is 1700 g/mol. The van der Waals surface area contributed by atoms with Crippen LogP contribution < -0.4 is 73.9 Å². The molecule has 8 heterocycles. The standard InChI is InChI=1S/C84H106ClN11O25/c1-33(2)16-50(89-7)75(107)95-65-67(102)40-11-15-54(49(85)23-40)117-56-25-43-24-55(71(56)121-82-72(69(104)68(103)57(32-97)118-82)120-60-30-84(6,88)74(106)35(4)115-60)116-45-12-8-38(9-13-45)70(119-59-29-83(5,87)73(105)34(3)114-59)66-81(113)94-64(77(109)90-31-48-41-18-36-17-37(20-41)21-42(48)19-36)47-26-44(98)27-53(100)61(47)46-22-39(10-14-52(46)99)62(78(110)96-66)93-79(111)63(43)92-76(108)51(28-58(86)101)91-80(65)112/h8-15,22-27,33-37,41-42,48,50-51,57,59-60,62-70,72-74,82,89,97-100,102-106H,16-21,28-32,87-88H2,1-7H3,(H2,86,101)(H,90,109)(H,91,112)(H,92,108)(H,93,111)(H,94,113)(H,95,107)(H,96,110)/t34-,35+,36?,37?,41?,42?,48?,50-,51+,57+,59-,60+,62-,63-,64-,65-,66+,67-,68+,69-,70-,72+,73-,74+,82-,83-,84+/m1/s1. The van der Waals surface area contributed by atoms with Gasteiger partial charge < -0.3 is 144 Å². The number of hydrogen-bond acceptors (Lipinski definition) is 28. The van der Waals surface area contributed by atoms with E-state index in [0.717, 1.165) is 62.4 Å². The summed E-state index contributed by atoms with van der Waals surface area (Å²) in [5.41, 5.74) is 14.6. The van der Waals surface area contributed by atoms with Crippen molar-refractivity contribution in [2.75, 3.05) is 20.2 Å². The first kappa shape index (κ1) is 87.7. The van der Waals surface area contributed by atoms with Gasteiger partial charge in [0.15, 0.2) is 30.2 Å². The van der Waals surface area contributed by atoms with E-state index in [1.165, 1.54) is 82.4 Å². The van der Waals surface area contributed by atoms with Crippen LogP contribution in [0.5, 0.6) is 46.0 Å². The van der Waals surface area contributed by atoms with E-state index in [9.17, 15) is 55.5 Å². The summed E-state index contributed by atoms with van der Waals surface area (Å²) in [5, 5.41) is 127. The van der Waals surface area contributed by atoms with E-state index in [2.05, 4.69) is 42.5 Å². The van der Waals surface area contributed by atoms with Crippen LogP contribution in [-0.2, 0) is 62.0 Å². The van der Waals surface area contributed by atoms with Crippen molar-refractivity contribution in [2.45, 2.75) is 233 Å². The van der Waals surface area contributed by atoms with E-state index >= 15 is 28.8 Å². The predicted molar refractivity (Wildman–Crippen MR) is 427 cm³/mol. The topological polar surface area (TPSA) is 567 Å². The van der Waals surface area contributed by atoms with E-state index in [1.807, 2.05) is 13.8 Å². The van der Waals surface area contributed by atoms with Crippen molar-refractivity contribution in [3.63, 3.8) is 0 Å². The number of carbonyl (C=O) groups excluding carboxylic acids is 8. The number of likely N-dealkylation sites (N-methyl/N-ethyl adjacent to an activating group) is 1. The molecule has 5 aromatic rings. The number of ether oxygens (including phenoxy) is 8. The van der Waals surface area contributed by atoms with Crippen molar-refractivity contribution in [2.24, 2.45) is 52.7 Å². The minimum absolute atomic E-state index is 0.0330. The van der Waals surface area contributed by atoms with Crippen molar-refractivity contribution < 1.29 is 122 Å². The first-order valence-electron chi connectivity index (χ1n) is 40.7. The lowest BCUT2D eigenvalue weighted by Crippen LogP contribution is -2.64. The molecule has 36 nitrogen and oxygen atoms in total. The van der Waals surface area contributed by atoms with Crippen molar-refractivity contribution in [3.8, 4) is 57.1 Å². The van der Waals surface area contributed by atoms with E-state index in [1.54, 1.807) is 6.92 Å². The van der Waals surface area contributed by atoms with Crippen LogP contribution in [0.1, 0.15) is 157 Å². The average molecular weight is 1710 g/mol. The molecule has 15 bridgehead atoms. The molecule has 22 atom stereocenters. The van der Waals surface area contributed by atoms with Crippen molar-refractivity contribution in [3.05, 3.63) is 118 Å². The Morgan fingerprint density at radius 2 is 1.26 bits per heavy atom. The number of aliphatic hydroxyl groups excluding tert-OH is 6. The fourth-order valence-corrected chi connectivity index (χ4v) is 19.1. The highest BCUT2D eigenvalue weighted by molar-refractivity contribution is 6.32. The van der Waals surface area contributed by atoms with Gasteiger partial charge in [0, 0.05) is 47.7 Å². The summed E-state index contributed by atoms with van der Waals surface area (Å²) in [6, 6.07) is 3.18. The molecule has 7 fully saturated rings. The van der Waals surface area contributed by atoms with Gasteiger partial charge in [0.2, 0.25) is 59.3 Å². The smallest absolute Gasteiger partial charge is 0.248 e. The average Bonchev–Trinajstić information content (AvgIpc) is 0.766. The molecule has 8 amide bonds. The number of primary amides is 1. The second-order valence-corrected chi connectivity index (χ2v) is 35.0. The largest absolute Gasteiger partial charge is 0.508 e. The molecule has 12 aliphatic rings. The van der Waals surface area contributed by atoms with Crippen LogP contribution >= 0.6 is 11.6 Å². The molecule has 8 aliphatic heterocycles. The Morgan fingerprint density at radius 1 is 0.653 bits per heavy atom. The number of amides is 8. The molecule has 23 N–H and O–H groups in total. The fraction of sp³-hybridized carbons (Fsp3) is 0.548. The van der Waals surface area contributed by atoms with Gasteiger partial charge in [-0.2, -0.15) is 0 Å². The summed E-state index contributed by atoms with van der Waals surface area (Å²) in [5.74, 6) is -11.9. The van der Waals surface area contributed by atoms with Gasteiger partial charge in [-0.05, 0) is 191 Å². The quantitative estimate of drug-likeness (QED) is 0.0631. The summed E-state index contributed by atoms with van der Waals surface area (Å²) in [7, 11) is 1.49. The van der Waals surface area contributed by atoms with E-state index in [0.29, 0.717) is 23.7 Å². The van der Waals surface area contributed by atoms with Crippen LogP contribution in [0.15, 0.2) is 84.9 Å². The van der Waals surface area contributed by atoms with Gasteiger partial charge in [0.1, 0.15) is 95.5 Å². The first-order valence-corrected chi connectivity index (χ1v) is 41.1. The number of fused-ring (bicyclic) bond motifs is 15. The zero-order valence-electron chi connectivity index (χ0n) is 67.5. The first-order chi connectivity index (χ1) is 57.3. The normalized spacial score (nSPS) is 34.9. The second-order valence-electron chi connectivity index (χ2n) is 34.6. The summed E-state index contributed by atoms with van der Waals surface area (Å²) in [6.45, 7) is 8.99. The molecule has 4 aliphatic carbocycles. The Kier molecular flexibility index (Phi) is 25.6. The number of benzene rings is 5. The SMILES string of the molecule is CN[C@H](CC(C)C)C(=O)N[C@H]1C(=O)N[C@@H](CC(N)=O)C(=O)N[C@H]2C(=O)N[C@H]3C(=O)N[C@H](C(=O)N[C@@H](C(=O)NCC4C5CC6CC(C5)CC4C6)c4cc(O)cc(O)c4-c4cc3ccc4O)[C@H](O[C@@H]3C[C@@](C)(N)[C@H](O)[C@@H](C)O3)c3ccc(cc3)Oc3cc2cc(c3O[C@H]2O[C@@H](CO)[C@H](O)[C@@H](O)[C@@H]2O[C@H]2C[C@](C)(N)[C@@H](O)[C@H](C)O2)Oc2ccc(cc2Cl)[C@H]1O. The lowest BCUT2D eigenvalue weighted by molar-refractivity contribution is -0.333. The van der Waals surface area contributed by atoms with Crippen LogP contribution in [0.25, 0.3) is 11.1 Å². The lowest BCUT2D eigenvalue weighted by atomic mass is 9.52. The predicted octanol–water partition coefficient (Wildman–Crippen LogP) is 1.79. The van der Waals surface area contributed by atoms with Crippen LogP contribution in [0.4, 0.5) is 0 Å². The van der Waals surface area contributed by atoms with Gasteiger partial charge in [0.05, 0.1) is 48.5 Å². The number of nitrogens with two attached hydrogens (primary N) is 3. The Balaban J connectivity index is 0.981. The summed E-state index contributed by atoms with van der Waals surface area (Å²) < 4.78 is 52.5. The zero-order valence-corrected chi connectivity index (χ0v) is 68.3. The van der Waals surface area contributed by atoms with E-state index < -0.39 is 234 Å². The number of phenolic OH excluding ortho intramolecular Hbond substituents is 3. The molecule has 0 spiro atoms. The van der Waals surface area contributed by atoms with Gasteiger partial charge >= 0.3 is 0 Å². The third-order valence-corrected chi connectivity index (χ3v) is 25.3. The maximum atomic E-state index is 16.6. The summed E-state index contributed by atoms with van der Waals surface area (Å²) in [4.78, 5) is 124. The molecule has 5 aromatic carbocycles. The maximum absolute atomic E-state index is 16.6. The minimum atomic E-state index is -2.32. The van der Waals surface area contributed by atoms with Crippen LogP contribution in [0.2, 0.25) is 5.02 Å². The van der Waals surface area contributed by atoms with Crippen molar-refractivity contribution in [1.29, 1.82) is 0 Å². The lowest BCUT2D eigenvalue weighted by Gasteiger charge is -2.54. The summed E-state index contributed by atoms with van der Waals surface area (Å²) >= 11 is 7.20. The molecule has 0 aromatic heterocycles. The number of aliphatic hydroxyl groups is 6. The Bertz CT molecular complexity index is 4740. The second kappa shape index (κ2) is 35.3. The third-order valence-electron chi connectivity index (χ3n) is 25.0. The molecule has 3 saturated heterocycles. The van der Waals surface area contributed by atoms with Crippen molar-refractivity contribution >= 4 is 58.9 Å². The molecule has 4 saturated carbocycles. The molecular weight excluding hydrogens is 1600 g/mol. The molecule has 37 heteroatoms. The number of aromatic hydroxyl groups is 3. The molecule has 0 unspecified atom stereocenters. The zero-order chi connectivity index (χ0) is 86.9. The number of halogens is 1. The number of nitrogens with one attached hydrogen (secondary N) is 8.